The average Bonchev–Trinajstić information content (AvgIpc) is 3.87. The molecule has 0 fully saturated rings. The van der Waals surface area contributed by atoms with Crippen LogP contribution in [0.1, 0.15) is 23.6 Å². The van der Waals surface area contributed by atoms with Crippen LogP contribution in [0.3, 0.4) is 0 Å². The van der Waals surface area contributed by atoms with Crippen LogP contribution < -0.4 is 0 Å². The Morgan fingerprint density at radius 2 is 0.905 bits per heavy atom. The van der Waals surface area contributed by atoms with E-state index >= 15 is 0 Å². The number of fused-ring (bicyclic) bond motifs is 6. The Morgan fingerprint density at radius 1 is 0.349 bits per heavy atom. The first kappa shape index (κ1) is 37.1. The summed E-state index contributed by atoms with van der Waals surface area (Å²) in [6, 6.07) is 81.3. The lowest BCUT2D eigenvalue weighted by Gasteiger charge is -2.28. The van der Waals surface area contributed by atoms with Crippen molar-refractivity contribution in [1.82, 2.24) is 9.97 Å². The molecule has 11 aromatic rings. The smallest absolute Gasteiger partial charge is 0.160 e. The molecule has 9 aromatic carbocycles. The van der Waals surface area contributed by atoms with Gasteiger partial charge in [0.1, 0.15) is 0 Å². The van der Waals surface area contributed by atoms with E-state index in [2.05, 4.69) is 225 Å². The maximum Gasteiger partial charge on any atom is 0.160 e. The predicted molar refractivity (Wildman–Crippen MR) is 265 cm³/mol. The van der Waals surface area contributed by atoms with Crippen LogP contribution in [0.25, 0.3) is 98.6 Å². The van der Waals surface area contributed by atoms with Crippen LogP contribution in [0.5, 0.6) is 0 Å². The van der Waals surface area contributed by atoms with Crippen LogP contribution in [0.2, 0.25) is 0 Å². The van der Waals surface area contributed by atoms with E-state index < -0.39 is 0 Å². The summed E-state index contributed by atoms with van der Waals surface area (Å²) in [6.07, 6.45) is 0. The lowest BCUT2D eigenvalue weighted by Crippen LogP contribution is -2.22. The number of rotatable bonds is 7. The molecular weight excluding hydrogens is 781 g/mol. The van der Waals surface area contributed by atoms with E-state index in [4.69, 9.17) is 9.97 Å². The van der Waals surface area contributed by atoms with Gasteiger partial charge in [0, 0.05) is 42.3 Å². The highest BCUT2D eigenvalue weighted by atomic mass is 32.1. The maximum atomic E-state index is 5.34. The van der Waals surface area contributed by atoms with Gasteiger partial charge in [-0.1, -0.05) is 182 Å². The molecule has 0 amide bonds. The minimum atomic E-state index is -0.296. The van der Waals surface area contributed by atoms with Gasteiger partial charge in [-0.2, -0.15) is 0 Å². The van der Waals surface area contributed by atoms with Gasteiger partial charge in [0.05, 0.1) is 11.4 Å². The van der Waals surface area contributed by atoms with Gasteiger partial charge in [0.2, 0.25) is 0 Å². The minimum Gasteiger partial charge on any atom is -0.228 e. The number of benzene rings is 9. The van der Waals surface area contributed by atoms with Gasteiger partial charge in [0.25, 0.3) is 0 Å². The standard InChI is InChI=1S/C60H40N2S/c1-60(47-20-9-4-10-21-47)52-25-13-11-23-50(52)58-48(24-15-26-53(58)60)45-34-44(39-16-5-2-6-17-39)35-46(36-45)55-38-54(61-59(62-55)42-18-7-3-8-19-42)41-30-28-40(29-31-41)43-32-33-57-51(37-43)49-22-12-14-27-56(49)63-57/h2-38H,1H3. The maximum absolute atomic E-state index is 5.34. The Balaban J connectivity index is 1.02. The van der Waals surface area contributed by atoms with Crippen LogP contribution in [-0.4, -0.2) is 9.97 Å². The van der Waals surface area contributed by atoms with Gasteiger partial charge in [-0.3, -0.25) is 0 Å². The van der Waals surface area contributed by atoms with E-state index in [9.17, 15) is 0 Å². The van der Waals surface area contributed by atoms with Crippen LogP contribution in [0.15, 0.2) is 224 Å². The fourth-order valence-corrected chi connectivity index (χ4v) is 10.9. The van der Waals surface area contributed by atoms with E-state index in [1.807, 2.05) is 17.4 Å². The first-order chi connectivity index (χ1) is 31.1. The summed E-state index contributed by atoms with van der Waals surface area (Å²) in [6.45, 7) is 2.38. The third-order valence-electron chi connectivity index (χ3n) is 13.0. The topological polar surface area (TPSA) is 25.8 Å². The van der Waals surface area contributed by atoms with Crippen molar-refractivity contribution in [1.29, 1.82) is 0 Å². The fourth-order valence-electron chi connectivity index (χ4n) is 9.79. The third-order valence-corrected chi connectivity index (χ3v) is 14.1. The monoisotopic (exact) mass is 820 g/mol. The molecule has 0 saturated heterocycles. The normalized spacial score (nSPS) is 14.2. The van der Waals surface area contributed by atoms with Crippen molar-refractivity contribution in [3.05, 3.63) is 241 Å². The molecule has 0 bridgehead atoms. The zero-order chi connectivity index (χ0) is 41.9. The Labute approximate surface area is 371 Å². The molecule has 0 N–H and O–H groups in total. The summed E-state index contributed by atoms with van der Waals surface area (Å²) in [7, 11) is 0. The van der Waals surface area contributed by atoms with Crippen LogP contribution in [-0.2, 0) is 5.41 Å². The zero-order valence-electron chi connectivity index (χ0n) is 34.7. The van der Waals surface area contributed by atoms with Crippen LogP contribution in [0, 0.1) is 0 Å². The molecule has 63 heavy (non-hydrogen) atoms. The summed E-state index contributed by atoms with van der Waals surface area (Å²) >= 11 is 1.85. The van der Waals surface area contributed by atoms with E-state index in [-0.39, 0.29) is 5.41 Å². The van der Waals surface area contributed by atoms with E-state index in [1.165, 1.54) is 64.7 Å². The van der Waals surface area contributed by atoms with Crippen molar-refractivity contribution in [2.24, 2.45) is 0 Å². The van der Waals surface area contributed by atoms with E-state index in [0.29, 0.717) is 5.82 Å². The summed E-state index contributed by atoms with van der Waals surface area (Å²) in [5.41, 5.74) is 18.1. The number of aromatic nitrogens is 2. The molecule has 296 valence electrons. The zero-order valence-corrected chi connectivity index (χ0v) is 35.5. The van der Waals surface area contributed by atoms with Crippen molar-refractivity contribution in [2.45, 2.75) is 12.3 Å². The molecule has 2 aromatic heterocycles. The summed E-state index contributed by atoms with van der Waals surface area (Å²) in [4.78, 5) is 10.6. The molecule has 2 heterocycles. The summed E-state index contributed by atoms with van der Waals surface area (Å²) in [5.74, 6) is 0.696. The largest absolute Gasteiger partial charge is 0.228 e. The SMILES string of the molecule is CC1(c2ccccc2)c2ccccc2-c2c(-c3cc(-c4ccccc4)cc(-c4cc(-c5ccc(-c6ccc7sc8ccccc8c7c6)cc5)nc(-c5ccccc5)n4)c3)cccc21. The Bertz CT molecular complexity index is 3500. The number of thiophene rings is 1. The Morgan fingerprint density at radius 3 is 1.70 bits per heavy atom. The third kappa shape index (κ3) is 6.31. The van der Waals surface area contributed by atoms with Crippen molar-refractivity contribution in [3.8, 4) is 78.4 Å². The first-order valence-electron chi connectivity index (χ1n) is 21.6. The summed E-state index contributed by atoms with van der Waals surface area (Å²) < 4.78 is 2.63. The van der Waals surface area contributed by atoms with Crippen LogP contribution in [0.4, 0.5) is 0 Å². The highest BCUT2D eigenvalue weighted by Gasteiger charge is 2.41. The molecule has 0 spiro atoms. The molecule has 1 atom stereocenters. The molecule has 1 aliphatic carbocycles. The number of hydrogen-bond donors (Lipinski definition) is 0. The molecule has 0 aliphatic heterocycles. The van der Waals surface area contributed by atoms with Crippen molar-refractivity contribution in [3.63, 3.8) is 0 Å². The average molecular weight is 821 g/mol. The Hall–Kier alpha value is -7.72. The van der Waals surface area contributed by atoms with Crippen molar-refractivity contribution in [2.75, 3.05) is 0 Å². The molecule has 0 saturated carbocycles. The number of hydrogen-bond acceptors (Lipinski definition) is 3. The molecule has 1 unspecified atom stereocenters. The molecular formula is C60H40N2S. The molecule has 2 nitrogen and oxygen atoms in total. The van der Waals surface area contributed by atoms with E-state index in [0.717, 1.165) is 44.8 Å². The molecule has 12 rings (SSSR count). The number of nitrogens with zero attached hydrogens (tertiary/aromatic N) is 2. The lowest BCUT2D eigenvalue weighted by molar-refractivity contribution is 0.714. The van der Waals surface area contributed by atoms with Gasteiger partial charge >= 0.3 is 0 Å². The quantitative estimate of drug-likeness (QED) is 0.160. The molecule has 1 aliphatic rings. The summed E-state index contributed by atoms with van der Waals surface area (Å²) in [5, 5.41) is 2.61. The van der Waals surface area contributed by atoms with Gasteiger partial charge in [-0.05, 0) is 111 Å². The van der Waals surface area contributed by atoms with Crippen molar-refractivity contribution < 1.29 is 0 Å². The van der Waals surface area contributed by atoms with Crippen molar-refractivity contribution >= 4 is 31.5 Å². The first-order valence-corrected chi connectivity index (χ1v) is 22.4. The van der Waals surface area contributed by atoms with Crippen LogP contribution >= 0.6 is 11.3 Å². The predicted octanol–water partition coefficient (Wildman–Crippen LogP) is 16.2. The second-order valence-corrected chi connectivity index (χ2v) is 17.7. The second kappa shape index (κ2) is 15.0. The van der Waals surface area contributed by atoms with E-state index in [1.54, 1.807) is 0 Å². The second-order valence-electron chi connectivity index (χ2n) is 16.6. The van der Waals surface area contributed by atoms with Gasteiger partial charge in [-0.25, -0.2) is 9.97 Å². The fraction of sp³-hybridized carbons (Fsp3) is 0.0333. The highest BCUT2D eigenvalue weighted by molar-refractivity contribution is 7.25. The van der Waals surface area contributed by atoms with Gasteiger partial charge in [-0.15, -0.1) is 11.3 Å². The lowest BCUT2D eigenvalue weighted by atomic mass is 9.74. The minimum absolute atomic E-state index is 0.296. The molecule has 3 heteroatoms. The Kier molecular flexibility index (Phi) is 8.84. The van der Waals surface area contributed by atoms with Gasteiger partial charge in [0.15, 0.2) is 5.82 Å². The van der Waals surface area contributed by atoms with Gasteiger partial charge < -0.3 is 0 Å². The molecule has 0 radical (unpaired) electrons. The highest BCUT2D eigenvalue weighted by Crippen LogP contribution is 2.55.